The molecule has 1 aromatic carbocycles. The van der Waals surface area contributed by atoms with E-state index in [0.29, 0.717) is 18.2 Å². The minimum atomic E-state index is -0.0145. The van der Waals surface area contributed by atoms with Crippen LogP contribution in [0.25, 0.3) is 0 Å². The summed E-state index contributed by atoms with van der Waals surface area (Å²) in [5, 5.41) is 9.36. The van der Waals surface area contributed by atoms with Crippen LogP contribution in [0.2, 0.25) is 0 Å². The topological polar surface area (TPSA) is 53.2 Å². The van der Waals surface area contributed by atoms with Gasteiger partial charge in [-0.05, 0) is 31.2 Å². The van der Waals surface area contributed by atoms with Gasteiger partial charge < -0.3 is 16.0 Å². The first kappa shape index (κ1) is 11.0. The maximum atomic E-state index is 11.5. The highest BCUT2D eigenvalue weighted by atomic mass is 16.1. The van der Waals surface area contributed by atoms with Gasteiger partial charge in [0, 0.05) is 30.9 Å². The van der Waals surface area contributed by atoms with Gasteiger partial charge in [-0.2, -0.15) is 0 Å². The van der Waals surface area contributed by atoms with Gasteiger partial charge in [0.2, 0.25) is 0 Å². The van der Waals surface area contributed by atoms with Crippen molar-refractivity contribution in [2.75, 3.05) is 25.0 Å². The normalized spacial score (nSPS) is 15.3. The number of rotatable bonds is 4. The Hall–Kier alpha value is -1.55. The van der Waals surface area contributed by atoms with Crippen molar-refractivity contribution < 1.29 is 4.79 Å². The molecule has 1 saturated heterocycles. The van der Waals surface area contributed by atoms with Gasteiger partial charge in [0.25, 0.3) is 5.91 Å². The van der Waals surface area contributed by atoms with Gasteiger partial charge >= 0.3 is 0 Å². The fourth-order valence-corrected chi connectivity index (χ4v) is 1.61. The summed E-state index contributed by atoms with van der Waals surface area (Å²) in [4.78, 5) is 11.5. The molecule has 0 unspecified atom stereocenters. The van der Waals surface area contributed by atoms with Crippen LogP contribution in [0.3, 0.4) is 0 Å². The molecule has 2 rings (SSSR count). The Kier molecular flexibility index (Phi) is 3.41. The fraction of sp³-hybridized carbons (Fsp3) is 0.417. The van der Waals surface area contributed by atoms with Crippen molar-refractivity contribution in [2.45, 2.75) is 13.0 Å². The average molecular weight is 219 g/mol. The van der Waals surface area contributed by atoms with E-state index in [2.05, 4.69) is 16.0 Å². The van der Waals surface area contributed by atoms with Crippen LogP contribution >= 0.6 is 0 Å². The van der Waals surface area contributed by atoms with Crippen molar-refractivity contribution in [3.8, 4) is 0 Å². The smallest absolute Gasteiger partial charge is 0.251 e. The third kappa shape index (κ3) is 2.52. The zero-order valence-corrected chi connectivity index (χ0v) is 9.42. The molecule has 3 N–H and O–H groups in total. The molecule has 0 radical (unpaired) electrons. The van der Waals surface area contributed by atoms with Gasteiger partial charge in [-0.25, -0.2) is 0 Å². The lowest BCUT2D eigenvalue weighted by Gasteiger charge is -2.28. The van der Waals surface area contributed by atoms with E-state index >= 15 is 0 Å². The summed E-state index contributed by atoms with van der Waals surface area (Å²) >= 11 is 0. The fourth-order valence-electron chi connectivity index (χ4n) is 1.61. The molecule has 1 amide bonds. The lowest BCUT2D eigenvalue weighted by atomic mass is 10.1. The maximum absolute atomic E-state index is 11.5. The number of carbonyl (C=O) groups excluding carboxylic acids is 1. The van der Waals surface area contributed by atoms with Gasteiger partial charge in [-0.1, -0.05) is 0 Å². The Balaban J connectivity index is 1.95. The molecule has 1 fully saturated rings. The quantitative estimate of drug-likeness (QED) is 0.702. The molecule has 0 bridgehead atoms. The van der Waals surface area contributed by atoms with E-state index in [9.17, 15) is 4.79 Å². The summed E-state index contributed by atoms with van der Waals surface area (Å²) in [6, 6.07) is 8.11. The number of hydrogen-bond donors (Lipinski definition) is 3. The SMILES string of the molecule is CCNC(=O)c1ccc(NC2CNC2)cc1. The Morgan fingerprint density at radius 3 is 2.56 bits per heavy atom. The Bertz CT molecular complexity index is 357. The van der Waals surface area contributed by atoms with Crippen molar-refractivity contribution in [1.29, 1.82) is 0 Å². The first-order valence-corrected chi connectivity index (χ1v) is 5.65. The minimum absolute atomic E-state index is 0.0145. The van der Waals surface area contributed by atoms with Crippen molar-refractivity contribution in [1.82, 2.24) is 10.6 Å². The van der Waals surface area contributed by atoms with Gasteiger partial charge in [0.05, 0.1) is 6.04 Å². The summed E-state index contributed by atoms with van der Waals surface area (Å²) in [6.07, 6.45) is 0. The second kappa shape index (κ2) is 4.99. The molecule has 1 aromatic rings. The van der Waals surface area contributed by atoms with Gasteiger partial charge in [-0.3, -0.25) is 4.79 Å². The van der Waals surface area contributed by atoms with Crippen LogP contribution in [0.1, 0.15) is 17.3 Å². The number of amides is 1. The molecule has 1 heterocycles. The second-order valence-corrected chi connectivity index (χ2v) is 3.94. The zero-order chi connectivity index (χ0) is 11.4. The van der Waals surface area contributed by atoms with Gasteiger partial charge in [0.1, 0.15) is 0 Å². The average Bonchev–Trinajstić information content (AvgIpc) is 2.25. The molecule has 0 atom stereocenters. The number of nitrogens with one attached hydrogen (secondary N) is 3. The highest BCUT2D eigenvalue weighted by Gasteiger charge is 2.15. The number of carbonyl (C=O) groups is 1. The Labute approximate surface area is 95.4 Å². The van der Waals surface area contributed by atoms with E-state index in [0.717, 1.165) is 18.8 Å². The van der Waals surface area contributed by atoms with Crippen LogP contribution in [0, 0.1) is 0 Å². The molecule has 0 aromatic heterocycles. The Morgan fingerprint density at radius 1 is 1.38 bits per heavy atom. The Morgan fingerprint density at radius 2 is 2.06 bits per heavy atom. The van der Waals surface area contributed by atoms with E-state index in [-0.39, 0.29) is 5.91 Å². The first-order valence-electron chi connectivity index (χ1n) is 5.65. The van der Waals surface area contributed by atoms with Crippen molar-refractivity contribution in [2.24, 2.45) is 0 Å². The monoisotopic (exact) mass is 219 g/mol. The third-order valence-corrected chi connectivity index (χ3v) is 2.64. The summed E-state index contributed by atoms with van der Waals surface area (Å²) in [5.41, 5.74) is 1.78. The molecule has 1 aliphatic rings. The van der Waals surface area contributed by atoms with E-state index < -0.39 is 0 Å². The van der Waals surface area contributed by atoms with Crippen LogP contribution in [0.15, 0.2) is 24.3 Å². The van der Waals surface area contributed by atoms with Crippen molar-refractivity contribution in [3.05, 3.63) is 29.8 Å². The van der Waals surface area contributed by atoms with Crippen molar-refractivity contribution in [3.63, 3.8) is 0 Å². The molecular formula is C12H17N3O. The molecule has 16 heavy (non-hydrogen) atoms. The van der Waals surface area contributed by atoms with Crippen LogP contribution < -0.4 is 16.0 Å². The number of hydrogen-bond acceptors (Lipinski definition) is 3. The summed E-state index contributed by atoms with van der Waals surface area (Å²) in [7, 11) is 0. The molecular weight excluding hydrogens is 202 g/mol. The second-order valence-electron chi connectivity index (χ2n) is 3.94. The molecule has 0 saturated carbocycles. The molecule has 4 heteroatoms. The van der Waals surface area contributed by atoms with E-state index in [4.69, 9.17) is 0 Å². The zero-order valence-electron chi connectivity index (χ0n) is 9.42. The van der Waals surface area contributed by atoms with Crippen LogP contribution in [-0.2, 0) is 0 Å². The van der Waals surface area contributed by atoms with Crippen LogP contribution in [0.5, 0.6) is 0 Å². The lowest BCUT2D eigenvalue weighted by Crippen LogP contribution is -2.51. The van der Waals surface area contributed by atoms with Gasteiger partial charge in [-0.15, -0.1) is 0 Å². The minimum Gasteiger partial charge on any atom is -0.380 e. The highest BCUT2D eigenvalue weighted by Crippen LogP contribution is 2.12. The molecule has 0 aliphatic carbocycles. The largest absolute Gasteiger partial charge is 0.380 e. The first-order chi connectivity index (χ1) is 7.79. The van der Waals surface area contributed by atoms with Crippen LogP contribution in [-0.4, -0.2) is 31.6 Å². The van der Waals surface area contributed by atoms with E-state index in [1.54, 1.807) is 0 Å². The molecule has 1 aliphatic heterocycles. The van der Waals surface area contributed by atoms with Crippen LogP contribution in [0.4, 0.5) is 5.69 Å². The molecule has 0 spiro atoms. The predicted octanol–water partition coefficient (Wildman–Crippen LogP) is 0.820. The third-order valence-electron chi connectivity index (χ3n) is 2.64. The van der Waals surface area contributed by atoms with E-state index in [1.165, 1.54) is 0 Å². The molecule has 4 nitrogen and oxygen atoms in total. The van der Waals surface area contributed by atoms with Gasteiger partial charge in [0.15, 0.2) is 0 Å². The number of anilines is 1. The summed E-state index contributed by atoms with van der Waals surface area (Å²) in [5.74, 6) is -0.0145. The van der Waals surface area contributed by atoms with Crippen molar-refractivity contribution >= 4 is 11.6 Å². The summed E-state index contributed by atoms with van der Waals surface area (Å²) < 4.78 is 0. The summed E-state index contributed by atoms with van der Waals surface area (Å²) in [6.45, 7) is 4.60. The maximum Gasteiger partial charge on any atom is 0.251 e. The standard InChI is InChI=1S/C12H17N3O/c1-2-14-12(16)9-3-5-10(6-4-9)15-11-7-13-8-11/h3-6,11,13,15H,2,7-8H2,1H3,(H,14,16). The predicted molar refractivity (Wildman–Crippen MR) is 64.7 cm³/mol. The highest BCUT2D eigenvalue weighted by molar-refractivity contribution is 5.94. The lowest BCUT2D eigenvalue weighted by molar-refractivity contribution is 0.0956. The number of benzene rings is 1. The molecule has 86 valence electrons. The van der Waals surface area contributed by atoms with E-state index in [1.807, 2.05) is 31.2 Å².